The molecule has 0 amide bonds. The average molecular weight is 402 g/mol. The molecule has 1 aromatic heterocycles. The summed E-state index contributed by atoms with van der Waals surface area (Å²) in [5.41, 5.74) is 2.38. The summed E-state index contributed by atoms with van der Waals surface area (Å²) in [5, 5.41) is 11.9. The number of ketones is 1. The molecule has 0 aliphatic carbocycles. The van der Waals surface area contributed by atoms with Gasteiger partial charge in [-0.15, -0.1) is 0 Å². The number of fused-ring (bicyclic) bond motifs is 2. The van der Waals surface area contributed by atoms with Gasteiger partial charge in [0, 0.05) is 36.5 Å². The minimum absolute atomic E-state index is 0.162. The van der Waals surface area contributed by atoms with E-state index in [1.54, 1.807) is 0 Å². The number of hydrogen-bond acceptors (Lipinski definition) is 5. The maximum atomic E-state index is 12.9. The van der Waals surface area contributed by atoms with E-state index in [1.807, 2.05) is 48.5 Å². The van der Waals surface area contributed by atoms with Crippen molar-refractivity contribution in [1.29, 1.82) is 0 Å². The van der Waals surface area contributed by atoms with Crippen LogP contribution in [0.15, 0.2) is 53.3 Å². The SMILES string of the molecule is O=C(CN1CC2CCCNC2C1)c1cccc(Cc2n[nH]c(=O)c3ccccc23)c1. The summed E-state index contributed by atoms with van der Waals surface area (Å²) in [6.45, 7) is 3.54. The van der Waals surface area contributed by atoms with Gasteiger partial charge >= 0.3 is 0 Å². The predicted molar refractivity (Wildman–Crippen MR) is 117 cm³/mol. The van der Waals surface area contributed by atoms with Crippen LogP contribution in [0.2, 0.25) is 0 Å². The predicted octanol–water partition coefficient (Wildman–Crippen LogP) is 2.38. The number of carbonyl (C=O) groups is 1. The number of nitrogens with zero attached hydrogens (tertiary/aromatic N) is 2. The van der Waals surface area contributed by atoms with Crippen molar-refractivity contribution >= 4 is 16.6 Å². The summed E-state index contributed by atoms with van der Waals surface area (Å²) in [7, 11) is 0. The molecule has 2 aliphatic heterocycles. The number of aromatic amines is 1. The van der Waals surface area contributed by atoms with Crippen LogP contribution in [-0.4, -0.2) is 53.1 Å². The summed E-state index contributed by atoms with van der Waals surface area (Å²) in [6.07, 6.45) is 3.06. The standard InChI is InChI=1S/C24H26N4O2/c29-23(15-28-13-18-7-4-10-25-22(18)14-28)17-6-3-5-16(11-17)12-21-19-8-1-2-9-20(19)24(30)27-26-21/h1-3,5-6,8-9,11,18,22,25H,4,7,10,12-15H2,(H,27,30). The molecule has 30 heavy (non-hydrogen) atoms. The number of rotatable bonds is 5. The van der Waals surface area contributed by atoms with Gasteiger partial charge in [0.2, 0.25) is 0 Å². The van der Waals surface area contributed by atoms with Gasteiger partial charge in [-0.2, -0.15) is 5.10 Å². The molecule has 5 rings (SSSR count). The normalized spacial score (nSPS) is 21.6. The van der Waals surface area contributed by atoms with Crippen LogP contribution in [0.4, 0.5) is 0 Å². The smallest absolute Gasteiger partial charge is 0.272 e. The van der Waals surface area contributed by atoms with Crippen LogP contribution >= 0.6 is 0 Å². The van der Waals surface area contributed by atoms with Crippen molar-refractivity contribution in [1.82, 2.24) is 20.4 Å². The summed E-state index contributed by atoms with van der Waals surface area (Å²) in [4.78, 5) is 27.2. The lowest BCUT2D eigenvalue weighted by Gasteiger charge is -2.24. The lowest BCUT2D eigenvalue weighted by atomic mass is 9.94. The Labute approximate surface area is 175 Å². The van der Waals surface area contributed by atoms with Crippen LogP contribution in [0, 0.1) is 5.92 Å². The Bertz CT molecular complexity index is 1130. The second-order valence-corrected chi connectivity index (χ2v) is 8.50. The van der Waals surface area contributed by atoms with E-state index >= 15 is 0 Å². The summed E-state index contributed by atoms with van der Waals surface area (Å²) >= 11 is 0. The van der Waals surface area contributed by atoms with Gasteiger partial charge in [0.25, 0.3) is 5.56 Å². The Morgan fingerprint density at radius 3 is 2.83 bits per heavy atom. The molecule has 3 aromatic rings. The van der Waals surface area contributed by atoms with E-state index in [1.165, 1.54) is 12.8 Å². The van der Waals surface area contributed by atoms with E-state index < -0.39 is 0 Å². The zero-order chi connectivity index (χ0) is 20.5. The van der Waals surface area contributed by atoms with Gasteiger partial charge in [0.1, 0.15) is 0 Å². The van der Waals surface area contributed by atoms with Crippen molar-refractivity contribution in [2.75, 3.05) is 26.2 Å². The van der Waals surface area contributed by atoms with E-state index in [2.05, 4.69) is 20.4 Å². The lowest BCUT2D eigenvalue weighted by Crippen LogP contribution is -2.40. The van der Waals surface area contributed by atoms with Crippen LogP contribution in [-0.2, 0) is 6.42 Å². The van der Waals surface area contributed by atoms with Crippen molar-refractivity contribution in [3.8, 4) is 0 Å². The molecule has 2 aliphatic rings. The maximum absolute atomic E-state index is 12.9. The zero-order valence-corrected chi connectivity index (χ0v) is 16.9. The fourth-order valence-electron chi connectivity index (χ4n) is 4.91. The van der Waals surface area contributed by atoms with Crippen molar-refractivity contribution in [3.63, 3.8) is 0 Å². The number of hydrogen-bond donors (Lipinski definition) is 2. The molecule has 2 unspecified atom stereocenters. The third-order valence-electron chi connectivity index (χ3n) is 6.44. The van der Waals surface area contributed by atoms with Crippen molar-refractivity contribution in [3.05, 3.63) is 75.7 Å². The Morgan fingerprint density at radius 2 is 1.97 bits per heavy atom. The minimum Gasteiger partial charge on any atom is -0.312 e. The summed E-state index contributed by atoms with van der Waals surface area (Å²) in [5.74, 6) is 0.840. The molecule has 6 nitrogen and oxygen atoms in total. The number of Topliss-reactive ketones (excluding diaryl/α,β-unsaturated/α-hetero) is 1. The molecule has 2 saturated heterocycles. The molecule has 154 valence electrons. The molecule has 0 radical (unpaired) electrons. The Morgan fingerprint density at radius 1 is 1.10 bits per heavy atom. The molecule has 2 fully saturated rings. The number of carbonyl (C=O) groups excluding carboxylic acids is 1. The highest BCUT2D eigenvalue weighted by molar-refractivity contribution is 5.97. The third-order valence-corrected chi connectivity index (χ3v) is 6.44. The van der Waals surface area contributed by atoms with Crippen molar-refractivity contribution < 1.29 is 4.79 Å². The van der Waals surface area contributed by atoms with E-state index in [0.29, 0.717) is 30.3 Å². The van der Waals surface area contributed by atoms with E-state index in [-0.39, 0.29) is 11.3 Å². The molecule has 2 aromatic carbocycles. The fraction of sp³-hybridized carbons (Fsp3) is 0.375. The largest absolute Gasteiger partial charge is 0.312 e. The van der Waals surface area contributed by atoms with Crippen LogP contribution in [0.25, 0.3) is 10.8 Å². The van der Waals surface area contributed by atoms with E-state index in [9.17, 15) is 9.59 Å². The first-order valence-electron chi connectivity index (χ1n) is 10.7. The summed E-state index contributed by atoms with van der Waals surface area (Å²) < 4.78 is 0. The number of likely N-dealkylation sites (tertiary alicyclic amines) is 1. The zero-order valence-electron chi connectivity index (χ0n) is 16.9. The molecular weight excluding hydrogens is 376 g/mol. The second kappa shape index (κ2) is 8.13. The molecule has 3 heterocycles. The first-order chi connectivity index (χ1) is 14.7. The van der Waals surface area contributed by atoms with E-state index in [4.69, 9.17) is 0 Å². The molecular formula is C24H26N4O2. The van der Waals surface area contributed by atoms with Gasteiger partial charge in [-0.25, -0.2) is 5.10 Å². The molecule has 6 heteroatoms. The molecule has 0 spiro atoms. The Balaban J connectivity index is 1.32. The van der Waals surface area contributed by atoms with Gasteiger partial charge < -0.3 is 5.32 Å². The van der Waals surface area contributed by atoms with Crippen molar-refractivity contribution in [2.24, 2.45) is 5.92 Å². The molecule has 2 atom stereocenters. The van der Waals surface area contributed by atoms with Gasteiger partial charge in [0.05, 0.1) is 17.6 Å². The monoisotopic (exact) mass is 402 g/mol. The van der Waals surface area contributed by atoms with Crippen LogP contribution in [0.1, 0.15) is 34.5 Å². The van der Waals surface area contributed by atoms with Crippen molar-refractivity contribution in [2.45, 2.75) is 25.3 Å². The highest BCUT2D eigenvalue weighted by Gasteiger charge is 2.34. The third kappa shape index (κ3) is 3.80. The van der Waals surface area contributed by atoms with Gasteiger partial charge in [0.15, 0.2) is 5.78 Å². The molecule has 2 N–H and O–H groups in total. The highest BCUT2D eigenvalue weighted by Crippen LogP contribution is 2.25. The fourth-order valence-corrected chi connectivity index (χ4v) is 4.91. The number of nitrogens with one attached hydrogen (secondary N) is 2. The van der Waals surface area contributed by atoms with Crippen LogP contribution < -0.4 is 10.9 Å². The lowest BCUT2D eigenvalue weighted by molar-refractivity contribution is 0.0943. The quantitative estimate of drug-likeness (QED) is 0.641. The number of H-pyrrole nitrogens is 1. The highest BCUT2D eigenvalue weighted by atomic mass is 16.1. The van der Waals surface area contributed by atoms with Gasteiger partial charge in [-0.05, 0) is 43.0 Å². The number of benzene rings is 2. The minimum atomic E-state index is -0.182. The van der Waals surface area contributed by atoms with E-state index in [0.717, 1.165) is 41.8 Å². The van der Waals surface area contributed by atoms with Crippen LogP contribution in [0.5, 0.6) is 0 Å². The number of piperidine rings is 1. The Hall–Kier alpha value is -2.83. The molecule has 0 saturated carbocycles. The topological polar surface area (TPSA) is 78.1 Å². The maximum Gasteiger partial charge on any atom is 0.272 e. The average Bonchev–Trinajstić information content (AvgIpc) is 3.18. The van der Waals surface area contributed by atoms with Crippen LogP contribution in [0.3, 0.4) is 0 Å². The van der Waals surface area contributed by atoms with Gasteiger partial charge in [-0.1, -0.05) is 36.4 Å². The first-order valence-corrected chi connectivity index (χ1v) is 10.7. The Kier molecular flexibility index (Phi) is 5.19. The summed E-state index contributed by atoms with van der Waals surface area (Å²) in [6, 6.07) is 15.8. The van der Waals surface area contributed by atoms with Gasteiger partial charge in [-0.3, -0.25) is 14.5 Å². The second-order valence-electron chi connectivity index (χ2n) is 8.50. The molecule has 0 bridgehead atoms. The number of aromatic nitrogens is 2. The first kappa shape index (κ1) is 19.2.